The van der Waals surface area contributed by atoms with Gasteiger partial charge >= 0.3 is 0 Å². The molecule has 1 fully saturated rings. The second kappa shape index (κ2) is 10.0. The van der Waals surface area contributed by atoms with E-state index in [4.69, 9.17) is 9.15 Å². The van der Waals surface area contributed by atoms with E-state index in [1.807, 2.05) is 60.4 Å². The highest BCUT2D eigenvalue weighted by atomic mass is 19.1. The van der Waals surface area contributed by atoms with E-state index in [0.29, 0.717) is 55.7 Å². The summed E-state index contributed by atoms with van der Waals surface area (Å²) in [7, 11) is 0. The number of carbonyl (C=O) groups excluding carboxylic acids is 1. The number of amides is 1. The highest BCUT2D eigenvalue weighted by Gasteiger charge is 2.24. The number of anilines is 1. The quantitative estimate of drug-likeness (QED) is 0.380. The molecule has 1 aliphatic rings. The molecule has 6 nitrogen and oxygen atoms in total. The highest BCUT2D eigenvalue weighted by Crippen LogP contribution is 2.25. The van der Waals surface area contributed by atoms with Gasteiger partial charge in [0.05, 0.1) is 5.69 Å². The molecule has 1 aliphatic heterocycles. The maximum Gasteiger partial charge on any atom is 0.253 e. The van der Waals surface area contributed by atoms with Gasteiger partial charge in [0.15, 0.2) is 0 Å². The molecule has 178 valence electrons. The minimum Gasteiger partial charge on any atom is -0.487 e. The Morgan fingerprint density at radius 2 is 1.63 bits per heavy atom. The molecule has 5 rings (SSSR count). The van der Waals surface area contributed by atoms with E-state index in [0.717, 1.165) is 17.0 Å². The fraction of sp³-hybridized carbons (Fsp3) is 0.214. The van der Waals surface area contributed by atoms with Crippen LogP contribution in [0.5, 0.6) is 5.75 Å². The fourth-order valence-corrected chi connectivity index (χ4v) is 4.15. The number of hydrogen-bond acceptors (Lipinski definition) is 5. The maximum atomic E-state index is 14.1. The summed E-state index contributed by atoms with van der Waals surface area (Å²) in [5.74, 6) is 1.69. The number of oxazole rings is 1. The largest absolute Gasteiger partial charge is 0.487 e. The van der Waals surface area contributed by atoms with Crippen molar-refractivity contribution in [3.05, 3.63) is 102 Å². The van der Waals surface area contributed by atoms with Crippen molar-refractivity contribution in [1.82, 2.24) is 9.88 Å². The third-order valence-corrected chi connectivity index (χ3v) is 6.15. The van der Waals surface area contributed by atoms with Crippen molar-refractivity contribution in [2.45, 2.75) is 13.5 Å². The zero-order chi connectivity index (χ0) is 24.2. The molecule has 7 heteroatoms. The molecule has 3 aromatic carbocycles. The number of aromatic nitrogens is 1. The average molecular weight is 472 g/mol. The molecule has 1 amide bonds. The van der Waals surface area contributed by atoms with Gasteiger partial charge in [0.25, 0.3) is 5.91 Å². The lowest BCUT2D eigenvalue weighted by Gasteiger charge is -2.36. The van der Waals surface area contributed by atoms with Crippen LogP contribution < -0.4 is 9.64 Å². The minimum absolute atomic E-state index is 0.0368. The van der Waals surface area contributed by atoms with Gasteiger partial charge in [-0.15, -0.1) is 0 Å². The predicted molar refractivity (Wildman–Crippen MR) is 132 cm³/mol. The zero-order valence-electron chi connectivity index (χ0n) is 19.5. The molecule has 0 saturated carbocycles. The molecule has 1 saturated heterocycles. The van der Waals surface area contributed by atoms with Crippen molar-refractivity contribution >= 4 is 11.6 Å². The van der Waals surface area contributed by atoms with E-state index < -0.39 is 0 Å². The molecule has 1 aromatic heterocycles. The van der Waals surface area contributed by atoms with Crippen LogP contribution in [0.3, 0.4) is 0 Å². The Bertz CT molecular complexity index is 1300. The van der Waals surface area contributed by atoms with Crippen molar-refractivity contribution < 1.29 is 18.3 Å². The van der Waals surface area contributed by atoms with E-state index in [1.165, 1.54) is 6.07 Å². The molecule has 0 N–H and O–H groups in total. The average Bonchev–Trinajstić information content (AvgIpc) is 3.28. The van der Waals surface area contributed by atoms with Crippen LogP contribution in [0.2, 0.25) is 0 Å². The molecule has 0 unspecified atom stereocenters. The topological polar surface area (TPSA) is 58.8 Å². The zero-order valence-corrected chi connectivity index (χ0v) is 19.5. The van der Waals surface area contributed by atoms with Crippen molar-refractivity contribution in [1.29, 1.82) is 0 Å². The van der Waals surface area contributed by atoms with Gasteiger partial charge in [0, 0.05) is 37.3 Å². The number of aryl methyl sites for hydroxylation is 1. The Balaban J connectivity index is 1.21. The molecule has 0 radical (unpaired) electrons. The first kappa shape index (κ1) is 22.7. The van der Waals surface area contributed by atoms with Gasteiger partial charge in [-0.2, -0.15) is 0 Å². The van der Waals surface area contributed by atoms with E-state index in [2.05, 4.69) is 4.98 Å². The number of piperazine rings is 1. The van der Waals surface area contributed by atoms with Gasteiger partial charge in [-0.3, -0.25) is 4.79 Å². The highest BCUT2D eigenvalue weighted by molar-refractivity contribution is 5.94. The molecule has 2 heterocycles. The second-order valence-electron chi connectivity index (χ2n) is 8.43. The number of ether oxygens (including phenoxy) is 1. The number of halogens is 1. The monoisotopic (exact) mass is 471 g/mol. The fourth-order valence-electron chi connectivity index (χ4n) is 4.15. The molecular formula is C28H26FN3O3. The van der Waals surface area contributed by atoms with Crippen molar-refractivity contribution in [2.75, 3.05) is 31.1 Å². The smallest absolute Gasteiger partial charge is 0.253 e. The van der Waals surface area contributed by atoms with Gasteiger partial charge in [-0.05, 0) is 55.5 Å². The SMILES string of the molecule is Cc1oc(-c2ccc(C(=O)N3CCN(c4ccccc4F)CC3)cc2)nc1COc1ccccc1. The number of carbonyl (C=O) groups is 1. The Morgan fingerprint density at radius 3 is 2.34 bits per heavy atom. The molecule has 0 bridgehead atoms. The molecular weight excluding hydrogens is 445 g/mol. The van der Waals surface area contributed by atoms with Crippen LogP contribution in [-0.2, 0) is 6.61 Å². The third-order valence-electron chi connectivity index (χ3n) is 6.15. The van der Waals surface area contributed by atoms with E-state index >= 15 is 0 Å². The summed E-state index contributed by atoms with van der Waals surface area (Å²) >= 11 is 0. The number of benzene rings is 3. The summed E-state index contributed by atoms with van der Waals surface area (Å²) in [6.45, 7) is 4.44. The maximum absolute atomic E-state index is 14.1. The minimum atomic E-state index is -0.237. The first-order valence-corrected chi connectivity index (χ1v) is 11.6. The Morgan fingerprint density at radius 1 is 0.943 bits per heavy atom. The molecule has 35 heavy (non-hydrogen) atoms. The lowest BCUT2D eigenvalue weighted by atomic mass is 10.1. The number of nitrogens with zero attached hydrogens (tertiary/aromatic N) is 3. The number of hydrogen-bond donors (Lipinski definition) is 0. The van der Waals surface area contributed by atoms with Crippen LogP contribution >= 0.6 is 0 Å². The van der Waals surface area contributed by atoms with Gasteiger partial charge in [-0.1, -0.05) is 30.3 Å². The van der Waals surface area contributed by atoms with E-state index in [1.54, 1.807) is 29.2 Å². The molecule has 0 atom stereocenters. The Hall–Kier alpha value is -4.13. The van der Waals surface area contributed by atoms with Crippen LogP contribution in [-0.4, -0.2) is 42.0 Å². The molecule has 0 spiro atoms. The van der Waals surface area contributed by atoms with E-state index in [9.17, 15) is 9.18 Å². The van der Waals surface area contributed by atoms with Crippen LogP contribution in [0, 0.1) is 12.7 Å². The van der Waals surface area contributed by atoms with Gasteiger partial charge in [-0.25, -0.2) is 9.37 Å². The summed E-state index contributed by atoms with van der Waals surface area (Å²) in [5, 5.41) is 0. The normalized spacial score (nSPS) is 13.7. The number of para-hydroxylation sites is 2. The van der Waals surface area contributed by atoms with Crippen molar-refractivity contribution in [3.63, 3.8) is 0 Å². The Labute approximate surface area is 203 Å². The first-order chi connectivity index (χ1) is 17.1. The third kappa shape index (κ3) is 5.04. The van der Waals surface area contributed by atoms with Gasteiger partial charge in [0.1, 0.15) is 29.6 Å². The van der Waals surface area contributed by atoms with Gasteiger partial charge < -0.3 is 19.0 Å². The lowest BCUT2D eigenvalue weighted by Crippen LogP contribution is -2.49. The summed E-state index contributed by atoms with van der Waals surface area (Å²) < 4.78 is 25.7. The summed E-state index contributed by atoms with van der Waals surface area (Å²) in [5.41, 5.74) is 2.71. The van der Waals surface area contributed by atoms with Gasteiger partial charge in [0.2, 0.25) is 5.89 Å². The van der Waals surface area contributed by atoms with E-state index in [-0.39, 0.29) is 11.7 Å². The van der Waals surface area contributed by atoms with Crippen molar-refractivity contribution in [2.24, 2.45) is 0 Å². The van der Waals surface area contributed by atoms with Crippen LogP contribution in [0.1, 0.15) is 21.8 Å². The van der Waals surface area contributed by atoms with Crippen LogP contribution in [0.25, 0.3) is 11.5 Å². The summed E-state index contributed by atoms with van der Waals surface area (Å²) in [4.78, 5) is 21.4. The number of rotatable bonds is 6. The summed E-state index contributed by atoms with van der Waals surface area (Å²) in [6, 6.07) is 23.6. The molecule has 4 aromatic rings. The van der Waals surface area contributed by atoms with Crippen LogP contribution in [0.4, 0.5) is 10.1 Å². The standard InChI is InChI=1S/C28H26FN3O3/c1-20-25(19-34-23-7-3-2-4-8-23)30-27(35-20)21-11-13-22(14-12-21)28(33)32-17-15-31(16-18-32)26-10-6-5-9-24(26)29/h2-14H,15-19H2,1H3. The summed E-state index contributed by atoms with van der Waals surface area (Å²) in [6.07, 6.45) is 0. The Kier molecular flexibility index (Phi) is 6.48. The lowest BCUT2D eigenvalue weighted by molar-refractivity contribution is 0.0746. The van der Waals surface area contributed by atoms with Crippen LogP contribution in [0.15, 0.2) is 83.3 Å². The second-order valence-corrected chi connectivity index (χ2v) is 8.43. The first-order valence-electron chi connectivity index (χ1n) is 11.6. The predicted octanol–water partition coefficient (Wildman–Crippen LogP) is 5.33. The van der Waals surface area contributed by atoms with Crippen molar-refractivity contribution in [3.8, 4) is 17.2 Å². The molecule has 0 aliphatic carbocycles.